The fourth-order valence-corrected chi connectivity index (χ4v) is 6.19. The van der Waals surface area contributed by atoms with Crippen molar-refractivity contribution < 1.29 is 22.7 Å². The molecule has 2 amide bonds. The molecule has 3 aromatic rings. The number of nitrogens with zero attached hydrogens (tertiary/aromatic N) is 2. The van der Waals surface area contributed by atoms with Crippen molar-refractivity contribution in [1.29, 1.82) is 0 Å². The summed E-state index contributed by atoms with van der Waals surface area (Å²) in [6.07, 6.45) is 3.62. The van der Waals surface area contributed by atoms with E-state index in [0.717, 1.165) is 27.6 Å². The molecule has 0 unspecified atom stereocenters. The highest BCUT2D eigenvalue weighted by molar-refractivity contribution is 7.98. The SMILES string of the molecule is CCCCNC(=O)[C@@H](C)N(Cc1ccc(Cl)cc1)C(=O)CN(c1ccccc1OCC)S(=O)(=O)c1ccc(SC)cc1. The standard InChI is InChI=1S/C31H38ClN3O5S2/c1-5-7-20-33-31(37)23(3)34(21-24-12-14-25(32)15-13-24)30(36)22-35(28-10-8-9-11-29(28)40-6-2)42(38,39)27-18-16-26(41-4)17-19-27/h8-19,23H,5-7,20-22H2,1-4H3,(H,33,37)/t23-/m1/s1. The number of para-hydroxylation sites is 2. The first-order valence-corrected chi connectivity index (χ1v) is 16.9. The average molecular weight is 632 g/mol. The molecule has 0 heterocycles. The van der Waals surface area contributed by atoms with E-state index in [2.05, 4.69) is 5.32 Å². The van der Waals surface area contributed by atoms with Crippen molar-refractivity contribution in [2.75, 3.05) is 30.3 Å². The van der Waals surface area contributed by atoms with Crippen LogP contribution in [0.2, 0.25) is 5.02 Å². The number of anilines is 1. The van der Waals surface area contributed by atoms with Gasteiger partial charge in [-0.3, -0.25) is 13.9 Å². The van der Waals surface area contributed by atoms with E-state index in [1.807, 2.05) is 13.2 Å². The van der Waals surface area contributed by atoms with E-state index in [1.54, 1.807) is 74.5 Å². The van der Waals surface area contributed by atoms with E-state index in [4.69, 9.17) is 16.3 Å². The molecule has 0 radical (unpaired) electrons. The highest BCUT2D eigenvalue weighted by atomic mass is 35.5. The lowest BCUT2D eigenvalue weighted by atomic mass is 10.1. The molecule has 8 nitrogen and oxygen atoms in total. The van der Waals surface area contributed by atoms with Crippen LogP contribution in [0, 0.1) is 0 Å². The van der Waals surface area contributed by atoms with Crippen LogP contribution in [0.1, 0.15) is 39.2 Å². The van der Waals surface area contributed by atoms with Gasteiger partial charge in [0, 0.05) is 23.0 Å². The maximum atomic E-state index is 14.1. The number of carbonyl (C=O) groups excluding carboxylic acids is 2. The second kappa shape index (κ2) is 15.9. The molecule has 3 aromatic carbocycles. The molecule has 1 N–H and O–H groups in total. The van der Waals surface area contributed by atoms with Crippen LogP contribution in [-0.2, 0) is 26.2 Å². The Balaban J connectivity index is 2.05. The summed E-state index contributed by atoms with van der Waals surface area (Å²) < 4.78 is 35.1. The summed E-state index contributed by atoms with van der Waals surface area (Å²) in [5, 5.41) is 3.42. The third-order valence-electron chi connectivity index (χ3n) is 6.62. The predicted molar refractivity (Wildman–Crippen MR) is 170 cm³/mol. The lowest BCUT2D eigenvalue weighted by Gasteiger charge is -2.32. The van der Waals surface area contributed by atoms with Gasteiger partial charge < -0.3 is 15.0 Å². The lowest BCUT2D eigenvalue weighted by molar-refractivity contribution is -0.139. The van der Waals surface area contributed by atoms with Gasteiger partial charge in [-0.2, -0.15) is 0 Å². The molecule has 0 saturated heterocycles. The molecule has 0 aliphatic carbocycles. The van der Waals surface area contributed by atoms with Crippen LogP contribution in [0.4, 0.5) is 5.69 Å². The smallest absolute Gasteiger partial charge is 0.264 e. The number of rotatable bonds is 15. The lowest BCUT2D eigenvalue weighted by Crippen LogP contribution is -2.51. The molecule has 0 aliphatic rings. The number of nitrogens with one attached hydrogen (secondary N) is 1. The van der Waals surface area contributed by atoms with E-state index in [0.29, 0.717) is 23.9 Å². The summed E-state index contributed by atoms with van der Waals surface area (Å²) >= 11 is 7.56. The molecular formula is C31H38ClN3O5S2. The molecule has 0 saturated carbocycles. The van der Waals surface area contributed by atoms with Gasteiger partial charge in [0.2, 0.25) is 11.8 Å². The minimum atomic E-state index is -4.21. The van der Waals surface area contributed by atoms with Crippen molar-refractivity contribution >= 4 is 50.9 Å². The monoisotopic (exact) mass is 631 g/mol. The van der Waals surface area contributed by atoms with Gasteiger partial charge in [-0.05, 0) is 80.6 Å². The molecule has 0 bridgehead atoms. The van der Waals surface area contributed by atoms with Crippen molar-refractivity contribution in [3.05, 3.63) is 83.4 Å². The number of hydrogen-bond acceptors (Lipinski definition) is 6. The third kappa shape index (κ3) is 8.65. The fourth-order valence-electron chi connectivity index (χ4n) is 4.23. The van der Waals surface area contributed by atoms with Crippen molar-refractivity contribution in [2.24, 2.45) is 0 Å². The van der Waals surface area contributed by atoms with Gasteiger partial charge in [0.05, 0.1) is 17.2 Å². The first-order valence-electron chi connectivity index (χ1n) is 13.8. The molecule has 0 fully saturated rings. The second-order valence-corrected chi connectivity index (χ2v) is 12.7. The summed E-state index contributed by atoms with van der Waals surface area (Å²) in [5.41, 5.74) is 0.978. The van der Waals surface area contributed by atoms with E-state index in [1.165, 1.54) is 28.8 Å². The van der Waals surface area contributed by atoms with Crippen LogP contribution in [0.25, 0.3) is 0 Å². The summed E-state index contributed by atoms with van der Waals surface area (Å²) in [6.45, 7) is 5.79. The maximum absolute atomic E-state index is 14.1. The Kier molecular flexibility index (Phi) is 12.6. The van der Waals surface area contributed by atoms with Gasteiger partial charge in [-0.15, -0.1) is 11.8 Å². The summed E-state index contributed by atoms with van der Waals surface area (Å²) in [4.78, 5) is 29.5. The Bertz CT molecular complexity index is 1430. The third-order valence-corrected chi connectivity index (χ3v) is 9.39. The van der Waals surface area contributed by atoms with Gasteiger partial charge in [0.15, 0.2) is 0 Å². The topological polar surface area (TPSA) is 96.0 Å². The van der Waals surface area contributed by atoms with Crippen molar-refractivity contribution in [1.82, 2.24) is 10.2 Å². The molecule has 0 aliphatic heterocycles. The first kappa shape index (κ1) is 33.3. The summed E-state index contributed by atoms with van der Waals surface area (Å²) in [7, 11) is -4.21. The van der Waals surface area contributed by atoms with E-state index in [-0.39, 0.29) is 23.0 Å². The zero-order valence-electron chi connectivity index (χ0n) is 24.4. The molecule has 42 heavy (non-hydrogen) atoms. The minimum Gasteiger partial charge on any atom is -0.492 e. The van der Waals surface area contributed by atoms with Crippen molar-refractivity contribution in [2.45, 2.75) is 56.0 Å². The van der Waals surface area contributed by atoms with Gasteiger partial charge >= 0.3 is 0 Å². The number of benzene rings is 3. The van der Waals surface area contributed by atoms with E-state index in [9.17, 15) is 18.0 Å². The van der Waals surface area contributed by atoms with Crippen LogP contribution in [0.15, 0.2) is 82.6 Å². The zero-order chi connectivity index (χ0) is 30.7. The molecule has 1 atom stereocenters. The number of ether oxygens (including phenoxy) is 1. The number of amides is 2. The van der Waals surface area contributed by atoms with E-state index < -0.39 is 28.5 Å². The Morgan fingerprint density at radius 2 is 1.67 bits per heavy atom. The van der Waals surface area contributed by atoms with Gasteiger partial charge in [-0.1, -0.05) is 49.2 Å². The number of carbonyl (C=O) groups is 2. The summed E-state index contributed by atoms with van der Waals surface area (Å²) in [6, 6.07) is 19.3. The predicted octanol–water partition coefficient (Wildman–Crippen LogP) is 5.99. The molecule has 11 heteroatoms. The fraction of sp³-hybridized carbons (Fsp3) is 0.355. The quantitative estimate of drug-likeness (QED) is 0.164. The largest absolute Gasteiger partial charge is 0.492 e. The molecule has 3 rings (SSSR count). The number of sulfonamides is 1. The normalized spacial score (nSPS) is 11.9. The second-order valence-electron chi connectivity index (χ2n) is 9.56. The molecule has 0 aromatic heterocycles. The van der Waals surface area contributed by atoms with Crippen LogP contribution in [0.3, 0.4) is 0 Å². The Morgan fingerprint density at radius 3 is 2.29 bits per heavy atom. The van der Waals surface area contributed by atoms with Gasteiger partial charge in [0.25, 0.3) is 10.0 Å². The first-order chi connectivity index (χ1) is 20.1. The van der Waals surface area contributed by atoms with Crippen molar-refractivity contribution in [3.63, 3.8) is 0 Å². The van der Waals surface area contributed by atoms with Crippen LogP contribution in [-0.4, -0.2) is 57.1 Å². The maximum Gasteiger partial charge on any atom is 0.264 e. The molecule has 0 spiro atoms. The zero-order valence-corrected chi connectivity index (χ0v) is 26.8. The highest BCUT2D eigenvalue weighted by Crippen LogP contribution is 2.33. The average Bonchev–Trinajstić information content (AvgIpc) is 2.99. The summed E-state index contributed by atoms with van der Waals surface area (Å²) in [5.74, 6) is -0.534. The highest BCUT2D eigenvalue weighted by Gasteiger charge is 2.33. The van der Waals surface area contributed by atoms with Crippen LogP contribution < -0.4 is 14.4 Å². The van der Waals surface area contributed by atoms with Gasteiger partial charge in [0.1, 0.15) is 18.3 Å². The van der Waals surface area contributed by atoms with E-state index >= 15 is 0 Å². The Hall–Kier alpha value is -3.21. The number of thioether (sulfide) groups is 1. The van der Waals surface area contributed by atoms with Gasteiger partial charge in [-0.25, -0.2) is 8.42 Å². The van der Waals surface area contributed by atoms with Crippen molar-refractivity contribution in [3.8, 4) is 5.75 Å². The minimum absolute atomic E-state index is 0.0361. The number of hydrogen-bond donors (Lipinski definition) is 1. The molecular weight excluding hydrogens is 594 g/mol. The Labute approximate surface area is 258 Å². The van der Waals surface area contributed by atoms with Crippen LogP contribution >= 0.6 is 23.4 Å². The molecule has 226 valence electrons. The number of unbranched alkanes of at least 4 members (excludes halogenated alkanes) is 1. The number of halogens is 1. The van der Waals surface area contributed by atoms with Crippen LogP contribution in [0.5, 0.6) is 5.75 Å². The Morgan fingerprint density at radius 1 is 1.00 bits per heavy atom.